The van der Waals surface area contributed by atoms with E-state index >= 15 is 0 Å². The number of amides is 2. The van der Waals surface area contributed by atoms with Crippen LogP contribution in [-0.4, -0.2) is 111 Å². The molecular formula is C46H96N4O4+2. The Hall–Kier alpha value is -1.22. The number of nitrogens with zero attached hydrogens (tertiary/aromatic N) is 2. The first-order chi connectivity index (χ1) is 26.1. The molecule has 0 radical (unpaired) electrons. The predicted molar refractivity (Wildman–Crippen MR) is 232 cm³/mol. The normalized spacial score (nSPS) is 13.3. The summed E-state index contributed by atoms with van der Waals surface area (Å²) in [5.74, 6) is -0.0186. The number of rotatable bonds is 41. The highest BCUT2D eigenvalue weighted by molar-refractivity contribution is 5.81. The van der Waals surface area contributed by atoms with E-state index in [0.29, 0.717) is 22.1 Å². The second-order valence-corrected chi connectivity index (χ2v) is 17.9. The van der Waals surface area contributed by atoms with Crippen molar-refractivity contribution in [1.82, 2.24) is 10.6 Å². The van der Waals surface area contributed by atoms with Crippen LogP contribution in [-0.2, 0) is 9.59 Å². The average molecular weight is 769 g/mol. The van der Waals surface area contributed by atoms with E-state index in [1.165, 1.54) is 154 Å². The third-order valence-corrected chi connectivity index (χ3v) is 12.0. The maximum atomic E-state index is 12.9. The van der Waals surface area contributed by atoms with Gasteiger partial charge >= 0.3 is 0 Å². The fraction of sp³-hybridized carbons (Fsp3) is 0.957. The van der Waals surface area contributed by atoms with E-state index in [9.17, 15) is 19.8 Å². The molecule has 0 bridgehead atoms. The van der Waals surface area contributed by atoms with Crippen LogP contribution in [0, 0.1) is 0 Å². The molecule has 0 spiro atoms. The number of carbonyl (C=O) groups is 2. The number of aliphatic hydroxyl groups is 2. The fourth-order valence-corrected chi connectivity index (χ4v) is 7.89. The van der Waals surface area contributed by atoms with E-state index < -0.39 is 12.1 Å². The van der Waals surface area contributed by atoms with Gasteiger partial charge in [0.1, 0.15) is 13.2 Å². The second-order valence-electron chi connectivity index (χ2n) is 17.9. The minimum Gasteiger partial charge on any atom is -0.390 e. The lowest BCUT2D eigenvalue weighted by atomic mass is 10.1. The predicted octanol–water partition coefficient (Wildman–Crippen LogP) is 9.84. The van der Waals surface area contributed by atoms with Crippen molar-refractivity contribution < 1.29 is 28.8 Å². The number of quaternary nitrogens is 2. The smallest absolute Gasteiger partial charge is 0.280 e. The maximum absolute atomic E-state index is 12.9. The van der Waals surface area contributed by atoms with Crippen LogP contribution < -0.4 is 10.6 Å². The zero-order valence-electron chi connectivity index (χ0n) is 37.2. The second kappa shape index (κ2) is 36.1. The van der Waals surface area contributed by atoms with Crippen LogP contribution in [0.5, 0.6) is 0 Å². The van der Waals surface area contributed by atoms with Gasteiger partial charge in [-0.05, 0) is 38.5 Å². The summed E-state index contributed by atoms with van der Waals surface area (Å²) in [6.45, 7) is 7.56. The number of nitrogens with one attached hydrogen (secondary N) is 2. The first-order valence-corrected chi connectivity index (χ1v) is 23.5. The molecule has 2 amide bonds. The van der Waals surface area contributed by atoms with Crippen molar-refractivity contribution in [2.24, 2.45) is 0 Å². The van der Waals surface area contributed by atoms with E-state index in [-0.39, 0.29) is 25.0 Å². The van der Waals surface area contributed by atoms with Gasteiger partial charge in [-0.15, -0.1) is 0 Å². The van der Waals surface area contributed by atoms with Crippen LogP contribution >= 0.6 is 0 Å². The van der Waals surface area contributed by atoms with Gasteiger partial charge in [0.25, 0.3) is 11.8 Å². The third-order valence-electron chi connectivity index (χ3n) is 12.0. The molecule has 0 unspecified atom stereocenters. The van der Waals surface area contributed by atoms with Gasteiger partial charge in [-0.1, -0.05) is 168 Å². The molecule has 0 aliphatic rings. The Bertz CT molecular complexity index is 785. The molecule has 0 aromatic carbocycles. The Labute approximate surface area is 336 Å². The Morgan fingerprint density at radius 1 is 0.389 bits per heavy atom. The van der Waals surface area contributed by atoms with Crippen molar-refractivity contribution in [1.29, 1.82) is 0 Å². The SMILES string of the molecule is CCCCCCCCCCCC[N+](C)(C)[C@@H](CO)C(=O)NCCCCCCCCCCCCNC(=O)[C@H](CO)[N+](C)(C)CCCCCCCCCCCC. The number of aliphatic hydroxyl groups excluding tert-OH is 2. The quantitative estimate of drug-likeness (QED) is 0.0368. The van der Waals surface area contributed by atoms with E-state index in [2.05, 4.69) is 52.7 Å². The van der Waals surface area contributed by atoms with E-state index in [0.717, 1.165) is 51.6 Å². The molecule has 0 saturated carbocycles. The van der Waals surface area contributed by atoms with Gasteiger partial charge in [0.05, 0.1) is 41.3 Å². The molecule has 0 fully saturated rings. The third kappa shape index (κ3) is 29.1. The molecule has 0 aliphatic heterocycles. The van der Waals surface area contributed by atoms with E-state index in [4.69, 9.17) is 0 Å². The average Bonchev–Trinajstić information content (AvgIpc) is 3.13. The minimum absolute atomic E-state index is 0.00930. The Kier molecular flexibility index (Phi) is 35.3. The van der Waals surface area contributed by atoms with E-state index in [1.54, 1.807) is 0 Å². The highest BCUT2D eigenvalue weighted by Crippen LogP contribution is 2.16. The Morgan fingerprint density at radius 3 is 0.852 bits per heavy atom. The van der Waals surface area contributed by atoms with Crippen molar-refractivity contribution in [3.05, 3.63) is 0 Å². The van der Waals surface area contributed by atoms with Crippen molar-refractivity contribution >= 4 is 11.8 Å². The fourth-order valence-electron chi connectivity index (χ4n) is 7.89. The van der Waals surface area contributed by atoms with E-state index in [1.807, 2.05) is 0 Å². The molecule has 0 rings (SSSR count). The van der Waals surface area contributed by atoms with Crippen LogP contribution in [0.2, 0.25) is 0 Å². The van der Waals surface area contributed by atoms with Crippen LogP contribution in [0.15, 0.2) is 0 Å². The van der Waals surface area contributed by atoms with Gasteiger partial charge in [-0.3, -0.25) is 9.59 Å². The van der Waals surface area contributed by atoms with Crippen LogP contribution in [0.4, 0.5) is 0 Å². The molecule has 8 nitrogen and oxygen atoms in total. The van der Waals surface area contributed by atoms with Gasteiger partial charge in [-0.25, -0.2) is 0 Å². The monoisotopic (exact) mass is 769 g/mol. The van der Waals surface area contributed by atoms with Crippen molar-refractivity contribution in [3.63, 3.8) is 0 Å². The largest absolute Gasteiger partial charge is 0.390 e. The highest BCUT2D eigenvalue weighted by Gasteiger charge is 2.34. The summed E-state index contributed by atoms with van der Waals surface area (Å²) in [5.41, 5.74) is 0. The Balaban J connectivity index is 3.86. The molecule has 0 saturated heterocycles. The van der Waals surface area contributed by atoms with Crippen molar-refractivity contribution in [3.8, 4) is 0 Å². The lowest BCUT2D eigenvalue weighted by Gasteiger charge is -2.36. The van der Waals surface area contributed by atoms with Gasteiger partial charge in [0, 0.05) is 13.1 Å². The standard InChI is InChI=1S/C46H94N4O4/c1-7-9-11-13-15-17-23-27-31-35-39-49(3,4)43(41-51)45(53)47-37-33-29-25-21-19-20-22-26-30-34-38-48-46(54)44(42-52)50(5,6)40-36-32-28-24-18-16-14-12-10-8-2/h43-44,51-52H,7-42H2,1-6H3/p+2/t43-,44-/m0/s1. The number of hydrogen-bond acceptors (Lipinski definition) is 4. The molecule has 0 aromatic rings. The summed E-state index contributed by atoms with van der Waals surface area (Å²) in [4.78, 5) is 25.8. The van der Waals surface area contributed by atoms with Crippen molar-refractivity contribution in [2.45, 2.75) is 219 Å². The van der Waals surface area contributed by atoms with Crippen LogP contribution in [0.25, 0.3) is 0 Å². The maximum Gasteiger partial charge on any atom is 0.280 e. The number of likely N-dealkylation sites (N-methyl/N-ethyl adjacent to an activating group) is 2. The zero-order valence-corrected chi connectivity index (χ0v) is 37.2. The first kappa shape index (κ1) is 52.8. The first-order valence-electron chi connectivity index (χ1n) is 23.5. The summed E-state index contributed by atoms with van der Waals surface area (Å²) in [6.07, 6.45) is 37.7. The van der Waals surface area contributed by atoms with Gasteiger partial charge in [-0.2, -0.15) is 0 Å². The number of hydrogen-bond donors (Lipinski definition) is 4. The molecule has 4 N–H and O–H groups in total. The Morgan fingerprint density at radius 2 is 0.611 bits per heavy atom. The molecule has 8 heteroatoms. The summed E-state index contributed by atoms with van der Waals surface area (Å²) in [6, 6.07) is -0.791. The molecule has 54 heavy (non-hydrogen) atoms. The highest BCUT2D eigenvalue weighted by atomic mass is 16.3. The summed E-state index contributed by atoms with van der Waals surface area (Å²) < 4.78 is 1.10. The van der Waals surface area contributed by atoms with Crippen LogP contribution in [0.1, 0.15) is 206 Å². The molecule has 0 aliphatic carbocycles. The molecular weight excluding hydrogens is 673 g/mol. The van der Waals surface area contributed by atoms with Crippen LogP contribution in [0.3, 0.4) is 0 Å². The summed E-state index contributed by atoms with van der Waals surface area (Å²) >= 11 is 0. The van der Waals surface area contributed by atoms with Gasteiger partial charge in [0.2, 0.25) is 0 Å². The van der Waals surface area contributed by atoms with Gasteiger partial charge in [0.15, 0.2) is 12.1 Å². The summed E-state index contributed by atoms with van der Waals surface area (Å²) in [7, 11) is 8.34. The molecule has 322 valence electrons. The summed E-state index contributed by atoms with van der Waals surface area (Å²) in [5, 5.41) is 26.3. The number of unbranched alkanes of at least 4 members (excludes halogenated alkanes) is 27. The van der Waals surface area contributed by atoms with Gasteiger partial charge < -0.3 is 29.8 Å². The lowest BCUT2D eigenvalue weighted by Crippen LogP contribution is -2.58. The molecule has 2 atom stereocenters. The topological polar surface area (TPSA) is 98.7 Å². The zero-order chi connectivity index (χ0) is 40.2. The lowest BCUT2D eigenvalue weighted by molar-refractivity contribution is -0.906. The number of carbonyl (C=O) groups excluding carboxylic acids is 2. The van der Waals surface area contributed by atoms with Crippen molar-refractivity contribution in [2.75, 3.05) is 67.6 Å². The minimum atomic E-state index is -0.396. The molecule has 0 aromatic heterocycles. The molecule has 0 heterocycles.